The zero-order chi connectivity index (χ0) is 7.56. The molecule has 0 unspecified atom stereocenters. The molecule has 10 heavy (non-hydrogen) atoms. The van der Waals surface area contributed by atoms with Crippen molar-refractivity contribution in [2.45, 2.75) is 12.8 Å². The summed E-state index contributed by atoms with van der Waals surface area (Å²) in [5.41, 5.74) is 0. The maximum Gasteiger partial charge on any atom is 0.306 e. The molecule has 1 rings (SSSR count). The maximum absolute atomic E-state index is 10.3. The Morgan fingerprint density at radius 1 is 1.70 bits per heavy atom. The minimum absolute atomic E-state index is 0.0971. The van der Waals surface area contributed by atoms with Crippen LogP contribution < -0.4 is 0 Å². The number of aliphatic carboxylic acids is 1. The van der Waals surface area contributed by atoms with Gasteiger partial charge in [-0.15, -0.1) is 0 Å². The summed E-state index contributed by atoms with van der Waals surface area (Å²) < 4.78 is 4.88. The second kappa shape index (κ2) is 3.01. The van der Waals surface area contributed by atoms with E-state index in [-0.39, 0.29) is 5.92 Å². The molecular formula is C7H12O3. The molecular weight excluding hydrogens is 132 g/mol. The predicted octanol–water partition coefficient (Wildman–Crippen LogP) is 0.744. The first-order valence-electron chi connectivity index (χ1n) is 3.45. The van der Waals surface area contributed by atoms with E-state index in [9.17, 15) is 4.79 Å². The molecule has 0 bridgehead atoms. The van der Waals surface area contributed by atoms with Gasteiger partial charge < -0.3 is 9.84 Å². The molecule has 0 atom stereocenters. The van der Waals surface area contributed by atoms with Crippen LogP contribution in [0.15, 0.2) is 0 Å². The van der Waals surface area contributed by atoms with Crippen molar-refractivity contribution >= 4 is 5.97 Å². The standard InChI is InChI=1S/C7H12O3/c1-10-4-5-2-6(3-5)7(8)9/h5-6H,2-4H2,1H3,(H,8,9). The Bertz CT molecular complexity index is 127. The van der Waals surface area contributed by atoms with Crippen molar-refractivity contribution in [2.75, 3.05) is 13.7 Å². The summed E-state index contributed by atoms with van der Waals surface area (Å²) in [4.78, 5) is 10.3. The zero-order valence-electron chi connectivity index (χ0n) is 6.04. The zero-order valence-corrected chi connectivity index (χ0v) is 6.04. The lowest BCUT2D eigenvalue weighted by atomic mass is 9.75. The lowest BCUT2D eigenvalue weighted by Crippen LogP contribution is -2.32. The Kier molecular flexibility index (Phi) is 2.27. The lowest BCUT2D eigenvalue weighted by molar-refractivity contribution is -0.147. The SMILES string of the molecule is COCC1CC(C(=O)O)C1. The van der Waals surface area contributed by atoms with Gasteiger partial charge in [-0.1, -0.05) is 0 Å². The van der Waals surface area contributed by atoms with Gasteiger partial charge in [0, 0.05) is 13.7 Å². The average Bonchev–Trinajstić information content (AvgIpc) is 1.76. The second-order valence-electron chi connectivity index (χ2n) is 2.83. The third-order valence-electron chi connectivity index (χ3n) is 1.99. The Morgan fingerprint density at radius 3 is 2.70 bits per heavy atom. The fraction of sp³-hybridized carbons (Fsp3) is 0.857. The van der Waals surface area contributed by atoms with E-state index >= 15 is 0 Å². The van der Waals surface area contributed by atoms with Crippen molar-refractivity contribution < 1.29 is 14.6 Å². The van der Waals surface area contributed by atoms with E-state index in [0.29, 0.717) is 12.5 Å². The van der Waals surface area contributed by atoms with Crippen LogP contribution >= 0.6 is 0 Å². The number of ether oxygens (including phenoxy) is 1. The van der Waals surface area contributed by atoms with E-state index < -0.39 is 5.97 Å². The molecule has 1 aliphatic carbocycles. The van der Waals surface area contributed by atoms with Crippen molar-refractivity contribution in [3.8, 4) is 0 Å². The molecule has 0 aromatic heterocycles. The van der Waals surface area contributed by atoms with E-state index in [2.05, 4.69) is 0 Å². The largest absolute Gasteiger partial charge is 0.481 e. The quantitative estimate of drug-likeness (QED) is 0.635. The first-order valence-corrected chi connectivity index (χ1v) is 3.45. The summed E-state index contributed by atoms with van der Waals surface area (Å²) in [5, 5.41) is 8.48. The van der Waals surface area contributed by atoms with Crippen LogP contribution in [0.2, 0.25) is 0 Å². The first-order chi connectivity index (χ1) is 4.74. The molecule has 1 saturated carbocycles. The number of carboxylic acid groups (broad SMARTS) is 1. The molecule has 0 saturated heterocycles. The summed E-state index contributed by atoms with van der Waals surface area (Å²) in [6.45, 7) is 0.712. The van der Waals surface area contributed by atoms with E-state index in [1.54, 1.807) is 7.11 Å². The van der Waals surface area contributed by atoms with Crippen LogP contribution in [-0.2, 0) is 9.53 Å². The average molecular weight is 144 g/mol. The van der Waals surface area contributed by atoms with Crippen molar-refractivity contribution in [1.82, 2.24) is 0 Å². The van der Waals surface area contributed by atoms with Crippen LogP contribution in [0.25, 0.3) is 0 Å². The summed E-state index contributed by atoms with van der Waals surface area (Å²) >= 11 is 0. The molecule has 0 spiro atoms. The third kappa shape index (κ3) is 1.48. The fourth-order valence-corrected chi connectivity index (χ4v) is 1.31. The van der Waals surface area contributed by atoms with E-state index in [1.165, 1.54) is 0 Å². The van der Waals surface area contributed by atoms with E-state index in [0.717, 1.165) is 12.8 Å². The van der Waals surface area contributed by atoms with Gasteiger partial charge in [0.05, 0.1) is 5.92 Å². The van der Waals surface area contributed by atoms with Gasteiger partial charge in [-0.05, 0) is 18.8 Å². The predicted molar refractivity (Wildman–Crippen MR) is 35.7 cm³/mol. The molecule has 0 aromatic rings. The maximum atomic E-state index is 10.3. The Balaban J connectivity index is 2.12. The van der Waals surface area contributed by atoms with Crippen molar-refractivity contribution in [3.05, 3.63) is 0 Å². The summed E-state index contributed by atoms with van der Waals surface area (Å²) in [5.74, 6) is -0.265. The minimum atomic E-state index is -0.660. The number of hydrogen-bond acceptors (Lipinski definition) is 2. The number of methoxy groups -OCH3 is 1. The van der Waals surface area contributed by atoms with Crippen LogP contribution in [0.4, 0.5) is 0 Å². The fourth-order valence-electron chi connectivity index (χ4n) is 1.31. The van der Waals surface area contributed by atoms with Crippen molar-refractivity contribution in [1.29, 1.82) is 0 Å². The van der Waals surface area contributed by atoms with Crippen LogP contribution in [0.3, 0.4) is 0 Å². The molecule has 0 aromatic carbocycles. The molecule has 0 radical (unpaired) electrons. The highest BCUT2D eigenvalue weighted by molar-refractivity contribution is 5.71. The molecule has 3 heteroatoms. The summed E-state index contributed by atoms with van der Waals surface area (Å²) in [6.07, 6.45) is 1.59. The van der Waals surface area contributed by atoms with Gasteiger partial charge in [0.1, 0.15) is 0 Å². The lowest BCUT2D eigenvalue weighted by Gasteiger charge is -2.31. The molecule has 1 fully saturated rings. The van der Waals surface area contributed by atoms with Gasteiger partial charge in [-0.3, -0.25) is 4.79 Å². The van der Waals surface area contributed by atoms with E-state index in [1.807, 2.05) is 0 Å². The molecule has 58 valence electrons. The molecule has 1 aliphatic rings. The Morgan fingerprint density at radius 2 is 2.30 bits per heavy atom. The smallest absolute Gasteiger partial charge is 0.306 e. The monoisotopic (exact) mass is 144 g/mol. The number of hydrogen-bond donors (Lipinski definition) is 1. The van der Waals surface area contributed by atoms with Gasteiger partial charge >= 0.3 is 5.97 Å². The van der Waals surface area contributed by atoms with E-state index in [4.69, 9.17) is 9.84 Å². The topological polar surface area (TPSA) is 46.5 Å². The highest BCUT2D eigenvalue weighted by atomic mass is 16.5. The molecule has 1 N–H and O–H groups in total. The highest BCUT2D eigenvalue weighted by Gasteiger charge is 2.33. The molecule has 0 amide bonds. The first kappa shape index (κ1) is 7.54. The normalized spacial score (nSPS) is 31.3. The van der Waals surface area contributed by atoms with Crippen LogP contribution in [0.1, 0.15) is 12.8 Å². The minimum Gasteiger partial charge on any atom is -0.481 e. The van der Waals surface area contributed by atoms with Gasteiger partial charge in [0.15, 0.2) is 0 Å². The Labute approximate surface area is 60.0 Å². The van der Waals surface area contributed by atoms with Gasteiger partial charge in [-0.25, -0.2) is 0 Å². The second-order valence-corrected chi connectivity index (χ2v) is 2.83. The summed E-state index contributed by atoms with van der Waals surface area (Å²) in [6, 6.07) is 0. The number of carbonyl (C=O) groups is 1. The van der Waals surface area contributed by atoms with Crippen LogP contribution in [0.5, 0.6) is 0 Å². The Hall–Kier alpha value is -0.570. The number of carboxylic acids is 1. The highest BCUT2D eigenvalue weighted by Crippen LogP contribution is 2.33. The summed E-state index contributed by atoms with van der Waals surface area (Å²) in [7, 11) is 1.65. The number of rotatable bonds is 3. The van der Waals surface area contributed by atoms with Crippen molar-refractivity contribution in [3.63, 3.8) is 0 Å². The third-order valence-corrected chi connectivity index (χ3v) is 1.99. The van der Waals surface area contributed by atoms with Gasteiger partial charge in [-0.2, -0.15) is 0 Å². The molecule has 0 aliphatic heterocycles. The van der Waals surface area contributed by atoms with Crippen molar-refractivity contribution in [2.24, 2.45) is 11.8 Å². The van der Waals surface area contributed by atoms with Gasteiger partial charge in [0.25, 0.3) is 0 Å². The van der Waals surface area contributed by atoms with Gasteiger partial charge in [0.2, 0.25) is 0 Å². The molecule has 3 nitrogen and oxygen atoms in total. The molecule has 0 heterocycles. The van der Waals surface area contributed by atoms with Crippen LogP contribution in [0, 0.1) is 11.8 Å². The van der Waals surface area contributed by atoms with Crippen LogP contribution in [-0.4, -0.2) is 24.8 Å².